The average molecular weight is 315 g/mol. The minimum Gasteiger partial charge on any atom is -0.338 e. The molecule has 0 radical (unpaired) electrons. The monoisotopic (exact) mass is 315 g/mol. The summed E-state index contributed by atoms with van der Waals surface area (Å²) < 4.78 is 0. The highest BCUT2D eigenvalue weighted by Crippen LogP contribution is 2.37. The van der Waals surface area contributed by atoms with Crippen LogP contribution < -0.4 is 16.0 Å². The van der Waals surface area contributed by atoms with Gasteiger partial charge < -0.3 is 16.0 Å². The lowest BCUT2D eigenvalue weighted by atomic mass is 9.85. The van der Waals surface area contributed by atoms with Gasteiger partial charge in [-0.3, -0.25) is 4.79 Å². The summed E-state index contributed by atoms with van der Waals surface area (Å²) in [4.78, 5) is 23.8. The standard InChI is InChI=1S/C18H25N3O2/c1-18(2)14-11-12(7-8-15(14)21-16(18)22)9-10-19-17(23)20-13-5-3-4-6-13/h7-8,11,13H,3-6,9-10H2,1-2H3,(H,21,22)(H2,19,20,23). The number of carbonyl (C=O) groups excluding carboxylic acids is 2. The summed E-state index contributed by atoms with van der Waals surface area (Å²) in [5.74, 6) is 0.0405. The lowest BCUT2D eigenvalue weighted by Crippen LogP contribution is -2.41. The van der Waals surface area contributed by atoms with Gasteiger partial charge in [-0.1, -0.05) is 25.0 Å². The molecule has 1 aromatic carbocycles. The van der Waals surface area contributed by atoms with Gasteiger partial charge in [0.05, 0.1) is 5.41 Å². The molecular weight excluding hydrogens is 290 g/mol. The third-order valence-corrected chi connectivity index (χ3v) is 4.96. The maximum atomic E-state index is 12.0. The van der Waals surface area contributed by atoms with Crippen LogP contribution in [0.3, 0.4) is 0 Å². The Morgan fingerprint density at radius 3 is 2.78 bits per heavy atom. The van der Waals surface area contributed by atoms with Gasteiger partial charge in [0.25, 0.3) is 0 Å². The largest absolute Gasteiger partial charge is 0.338 e. The van der Waals surface area contributed by atoms with E-state index in [-0.39, 0.29) is 11.9 Å². The first kappa shape index (κ1) is 15.8. The van der Waals surface area contributed by atoms with Crippen molar-refractivity contribution in [3.8, 4) is 0 Å². The van der Waals surface area contributed by atoms with Gasteiger partial charge >= 0.3 is 6.03 Å². The molecule has 1 saturated carbocycles. The predicted molar refractivity (Wildman–Crippen MR) is 90.6 cm³/mol. The Morgan fingerprint density at radius 2 is 2.04 bits per heavy atom. The van der Waals surface area contributed by atoms with Gasteiger partial charge in [0.15, 0.2) is 0 Å². The number of urea groups is 1. The fourth-order valence-corrected chi connectivity index (χ4v) is 3.40. The van der Waals surface area contributed by atoms with E-state index in [4.69, 9.17) is 0 Å². The zero-order valence-corrected chi connectivity index (χ0v) is 13.9. The number of anilines is 1. The SMILES string of the molecule is CC1(C)C(=O)Nc2ccc(CCNC(=O)NC3CCCC3)cc21. The molecule has 1 heterocycles. The van der Waals surface area contributed by atoms with Crippen molar-refractivity contribution in [2.24, 2.45) is 0 Å². The lowest BCUT2D eigenvalue weighted by Gasteiger charge is -2.16. The lowest BCUT2D eigenvalue weighted by molar-refractivity contribution is -0.119. The number of fused-ring (bicyclic) bond motifs is 1. The molecule has 124 valence electrons. The van der Waals surface area contributed by atoms with Crippen molar-refractivity contribution in [3.63, 3.8) is 0 Å². The summed E-state index contributed by atoms with van der Waals surface area (Å²) >= 11 is 0. The zero-order valence-electron chi connectivity index (χ0n) is 13.9. The second kappa shape index (κ2) is 6.22. The molecule has 0 atom stereocenters. The summed E-state index contributed by atoms with van der Waals surface area (Å²) in [5, 5.41) is 8.85. The summed E-state index contributed by atoms with van der Waals surface area (Å²) in [5.41, 5.74) is 2.58. The van der Waals surface area contributed by atoms with Crippen LogP contribution in [0, 0.1) is 0 Å². The number of benzene rings is 1. The van der Waals surface area contributed by atoms with E-state index in [1.54, 1.807) is 0 Å². The van der Waals surface area contributed by atoms with Crippen molar-refractivity contribution >= 4 is 17.6 Å². The van der Waals surface area contributed by atoms with Crippen molar-refractivity contribution in [3.05, 3.63) is 29.3 Å². The molecule has 23 heavy (non-hydrogen) atoms. The van der Waals surface area contributed by atoms with E-state index in [0.717, 1.165) is 36.1 Å². The van der Waals surface area contributed by atoms with Gasteiger partial charge in [-0.2, -0.15) is 0 Å². The molecule has 3 amide bonds. The molecule has 0 bridgehead atoms. The zero-order chi connectivity index (χ0) is 16.4. The molecule has 5 heteroatoms. The molecule has 0 saturated heterocycles. The molecule has 1 aliphatic carbocycles. The van der Waals surface area contributed by atoms with Crippen LogP contribution in [-0.4, -0.2) is 24.5 Å². The van der Waals surface area contributed by atoms with Gasteiger partial charge in [0.2, 0.25) is 5.91 Å². The minimum absolute atomic E-state index is 0.0405. The number of hydrogen-bond acceptors (Lipinski definition) is 2. The number of carbonyl (C=O) groups is 2. The van der Waals surface area contributed by atoms with E-state index in [1.165, 1.54) is 12.8 Å². The highest BCUT2D eigenvalue weighted by atomic mass is 16.2. The maximum absolute atomic E-state index is 12.0. The third kappa shape index (κ3) is 3.33. The van der Waals surface area contributed by atoms with Crippen molar-refractivity contribution in [2.75, 3.05) is 11.9 Å². The van der Waals surface area contributed by atoms with E-state index < -0.39 is 5.41 Å². The molecule has 1 aromatic rings. The Balaban J connectivity index is 1.52. The Labute approximate surface area is 137 Å². The van der Waals surface area contributed by atoms with Crippen LogP contribution >= 0.6 is 0 Å². The number of amides is 3. The smallest absolute Gasteiger partial charge is 0.315 e. The van der Waals surface area contributed by atoms with E-state index in [0.29, 0.717) is 12.6 Å². The van der Waals surface area contributed by atoms with Crippen LogP contribution in [0.4, 0.5) is 10.5 Å². The highest BCUT2D eigenvalue weighted by Gasteiger charge is 2.38. The van der Waals surface area contributed by atoms with E-state index in [2.05, 4.69) is 22.0 Å². The molecule has 0 aromatic heterocycles. The Bertz CT molecular complexity index is 619. The Kier molecular flexibility index (Phi) is 4.28. The average Bonchev–Trinajstić information content (AvgIpc) is 3.08. The number of rotatable bonds is 4. The Hall–Kier alpha value is -2.04. The number of nitrogens with one attached hydrogen (secondary N) is 3. The van der Waals surface area contributed by atoms with Gasteiger partial charge in [0, 0.05) is 18.3 Å². The maximum Gasteiger partial charge on any atom is 0.315 e. The first-order valence-corrected chi connectivity index (χ1v) is 8.46. The molecule has 1 aliphatic heterocycles. The van der Waals surface area contributed by atoms with Crippen molar-refractivity contribution in [2.45, 2.75) is 57.4 Å². The first-order valence-electron chi connectivity index (χ1n) is 8.46. The van der Waals surface area contributed by atoms with Crippen molar-refractivity contribution in [1.29, 1.82) is 0 Å². The van der Waals surface area contributed by atoms with Crippen LogP contribution in [0.15, 0.2) is 18.2 Å². The number of hydrogen-bond donors (Lipinski definition) is 3. The topological polar surface area (TPSA) is 70.2 Å². The normalized spacial score (nSPS) is 19.3. The second-order valence-corrected chi connectivity index (χ2v) is 7.09. The molecular formula is C18H25N3O2. The van der Waals surface area contributed by atoms with E-state index in [9.17, 15) is 9.59 Å². The second-order valence-electron chi connectivity index (χ2n) is 7.09. The van der Waals surface area contributed by atoms with Gasteiger partial charge in [-0.05, 0) is 50.3 Å². The van der Waals surface area contributed by atoms with Crippen LogP contribution in [0.5, 0.6) is 0 Å². The predicted octanol–water partition coefficient (Wildman–Crippen LogP) is 2.70. The van der Waals surface area contributed by atoms with Crippen molar-refractivity contribution < 1.29 is 9.59 Å². The first-order chi connectivity index (χ1) is 11.0. The third-order valence-electron chi connectivity index (χ3n) is 4.96. The summed E-state index contributed by atoms with van der Waals surface area (Å²) in [6.07, 6.45) is 5.36. The van der Waals surface area contributed by atoms with Crippen LogP contribution in [0.1, 0.15) is 50.7 Å². The molecule has 5 nitrogen and oxygen atoms in total. The van der Waals surface area contributed by atoms with Crippen LogP contribution in [0.2, 0.25) is 0 Å². The molecule has 0 unspecified atom stereocenters. The quantitative estimate of drug-likeness (QED) is 0.799. The minimum atomic E-state index is -0.487. The van der Waals surface area contributed by atoms with Gasteiger partial charge in [-0.15, -0.1) is 0 Å². The van der Waals surface area contributed by atoms with Crippen LogP contribution in [0.25, 0.3) is 0 Å². The fourth-order valence-electron chi connectivity index (χ4n) is 3.40. The van der Waals surface area contributed by atoms with Crippen LogP contribution in [-0.2, 0) is 16.6 Å². The summed E-state index contributed by atoms with van der Waals surface area (Å²) in [7, 11) is 0. The molecule has 3 N–H and O–H groups in total. The van der Waals surface area contributed by atoms with E-state index >= 15 is 0 Å². The summed E-state index contributed by atoms with van der Waals surface area (Å²) in [6, 6.07) is 6.31. The Morgan fingerprint density at radius 1 is 1.30 bits per heavy atom. The van der Waals surface area contributed by atoms with Crippen molar-refractivity contribution in [1.82, 2.24) is 10.6 Å². The fraction of sp³-hybridized carbons (Fsp3) is 0.556. The molecule has 0 spiro atoms. The molecule has 2 aliphatic rings. The summed E-state index contributed by atoms with van der Waals surface area (Å²) in [6.45, 7) is 4.47. The van der Waals surface area contributed by atoms with E-state index in [1.807, 2.05) is 26.0 Å². The molecule has 1 fully saturated rings. The molecule has 3 rings (SSSR count). The highest BCUT2D eigenvalue weighted by molar-refractivity contribution is 6.05. The van der Waals surface area contributed by atoms with Gasteiger partial charge in [-0.25, -0.2) is 4.79 Å². The van der Waals surface area contributed by atoms with Gasteiger partial charge in [0.1, 0.15) is 0 Å².